The zero-order valence-electron chi connectivity index (χ0n) is 14.3. The van der Waals surface area contributed by atoms with Crippen molar-refractivity contribution in [1.29, 1.82) is 0 Å². The van der Waals surface area contributed by atoms with Crippen LogP contribution in [-0.4, -0.2) is 8.07 Å². The van der Waals surface area contributed by atoms with Crippen molar-refractivity contribution in [1.82, 2.24) is 0 Å². The molecular formula is C21H30Si. The highest BCUT2D eigenvalue weighted by atomic mass is 28.3. The Labute approximate surface area is 137 Å². The Hall–Kier alpha value is -0.823. The Kier molecular flexibility index (Phi) is 3.60. The highest BCUT2D eigenvalue weighted by Gasteiger charge is 2.54. The van der Waals surface area contributed by atoms with Crippen LogP contribution in [0.1, 0.15) is 26.2 Å². The first-order chi connectivity index (χ1) is 10.6. The van der Waals surface area contributed by atoms with Gasteiger partial charge in [0.1, 0.15) is 0 Å². The van der Waals surface area contributed by atoms with Crippen molar-refractivity contribution >= 4 is 8.07 Å². The molecule has 0 spiro atoms. The predicted octanol–water partition coefficient (Wildman–Crippen LogP) is 5.99. The minimum absolute atomic E-state index is 0.829. The molecule has 0 aromatic heterocycles. The van der Waals surface area contributed by atoms with Gasteiger partial charge in [-0.1, -0.05) is 75.0 Å². The standard InChI is InChI=1S/C21H30Si/c1-15-14-17-9-5-7-11-19(17)21(15)22(2,3)20-13-12-16-8-4-6-10-18(16)20/h4-11,15-21H,12-14H2,1-3H3/t15-,16?,17?,18?,19+,20?,21?/m0/s1. The number of hydrogen-bond acceptors (Lipinski definition) is 0. The van der Waals surface area contributed by atoms with Gasteiger partial charge in [-0.15, -0.1) is 0 Å². The molecule has 4 aliphatic rings. The van der Waals surface area contributed by atoms with Gasteiger partial charge in [-0.2, -0.15) is 0 Å². The topological polar surface area (TPSA) is 0 Å². The fraction of sp³-hybridized carbons (Fsp3) is 0.619. The molecule has 5 unspecified atom stereocenters. The Bertz CT molecular complexity index is 550. The minimum atomic E-state index is -1.29. The van der Waals surface area contributed by atoms with E-state index in [0.717, 1.165) is 40.7 Å². The maximum absolute atomic E-state index is 2.72. The highest BCUT2D eigenvalue weighted by Crippen LogP contribution is 2.60. The van der Waals surface area contributed by atoms with Gasteiger partial charge in [0.2, 0.25) is 0 Å². The van der Waals surface area contributed by atoms with Crippen LogP contribution in [0.3, 0.4) is 0 Å². The van der Waals surface area contributed by atoms with Gasteiger partial charge in [0.25, 0.3) is 0 Å². The van der Waals surface area contributed by atoms with E-state index in [9.17, 15) is 0 Å². The molecule has 0 bridgehead atoms. The van der Waals surface area contributed by atoms with Crippen LogP contribution in [0.4, 0.5) is 0 Å². The van der Waals surface area contributed by atoms with Gasteiger partial charge in [0.15, 0.2) is 0 Å². The van der Waals surface area contributed by atoms with E-state index >= 15 is 0 Å². The lowest BCUT2D eigenvalue weighted by Gasteiger charge is -2.44. The summed E-state index contributed by atoms with van der Waals surface area (Å²) in [5, 5.41) is 0. The molecule has 0 radical (unpaired) electrons. The molecule has 0 aromatic carbocycles. The SMILES string of the molecule is C[C@H]1CC2C=CC=C[C@H]2C1[Si](C)(C)C1CCC2C=CC=CC21. The molecule has 22 heavy (non-hydrogen) atoms. The smallest absolute Gasteiger partial charge is 0.0550 e. The van der Waals surface area contributed by atoms with Crippen LogP contribution in [0.5, 0.6) is 0 Å². The molecule has 0 saturated heterocycles. The normalized spacial score (nSPS) is 46.0. The molecule has 4 rings (SSSR count). The van der Waals surface area contributed by atoms with Crippen LogP contribution in [0.2, 0.25) is 24.2 Å². The van der Waals surface area contributed by atoms with Crippen molar-refractivity contribution in [2.75, 3.05) is 0 Å². The first-order valence-electron chi connectivity index (χ1n) is 9.29. The van der Waals surface area contributed by atoms with Crippen molar-refractivity contribution in [3.63, 3.8) is 0 Å². The van der Waals surface area contributed by atoms with E-state index in [1.165, 1.54) is 19.3 Å². The molecule has 2 saturated carbocycles. The fourth-order valence-corrected chi connectivity index (χ4v) is 12.3. The quantitative estimate of drug-likeness (QED) is 0.550. The van der Waals surface area contributed by atoms with Crippen molar-refractivity contribution in [3.8, 4) is 0 Å². The average molecular weight is 311 g/mol. The van der Waals surface area contributed by atoms with Gasteiger partial charge in [-0.05, 0) is 53.5 Å². The second-order valence-corrected chi connectivity index (χ2v) is 13.8. The number of hydrogen-bond donors (Lipinski definition) is 0. The summed E-state index contributed by atoms with van der Waals surface area (Å²) >= 11 is 0. The van der Waals surface area contributed by atoms with Gasteiger partial charge < -0.3 is 0 Å². The summed E-state index contributed by atoms with van der Waals surface area (Å²) < 4.78 is 0. The lowest BCUT2D eigenvalue weighted by atomic mass is 9.91. The van der Waals surface area contributed by atoms with E-state index in [-0.39, 0.29) is 0 Å². The summed E-state index contributed by atoms with van der Waals surface area (Å²) in [6, 6.07) is 0. The average Bonchev–Trinajstić information content (AvgIpc) is 3.07. The number of allylic oxidation sites excluding steroid dienone is 8. The third kappa shape index (κ3) is 2.16. The Balaban J connectivity index is 1.63. The molecule has 0 aliphatic heterocycles. The highest BCUT2D eigenvalue weighted by molar-refractivity contribution is 6.80. The van der Waals surface area contributed by atoms with E-state index in [1.807, 2.05) is 0 Å². The van der Waals surface area contributed by atoms with Crippen LogP contribution in [0.25, 0.3) is 0 Å². The summed E-state index contributed by atoms with van der Waals surface area (Å²) in [5.74, 6) is 4.27. The number of fused-ring (bicyclic) bond motifs is 2. The first-order valence-corrected chi connectivity index (χ1v) is 12.4. The summed E-state index contributed by atoms with van der Waals surface area (Å²) in [4.78, 5) is 0. The molecule has 7 atom stereocenters. The first kappa shape index (κ1) is 14.7. The van der Waals surface area contributed by atoms with Crippen molar-refractivity contribution in [2.24, 2.45) is 29.6 Å². The van der Waals surface area contributed by atoms with Gasteiger partial charge in [-0.3, -0.25) is 0 Å². The maximum atomic E-state index is 2.72. The van der Waals surface area contributed by atoms with E-state index in [2.05, 4.69) is 68.6 Å². The second kappa shape index (κ2) is 5.37. The number of rotatable bonds is 2. The zero-order valence-corrected chi connectivity index (χ0v) is 15.3. The molecule has 0 nitrogen and oxygen atoms in total. The summed E-state index contributed by atoms with van der Waals surface area (Å²) in [5.41, 5.74) is 1.96. The third-order valence-electron chi connectivity index (χ3n) is 7.36. The van der Waals surface area contributed by atoms with E-state index in [0.29, 0.717) is 0 Å². The van der Waals surface area contributed by atoms with Crippen molar-refractivity contribution < 1.29 is 0 Å². The lowest BCUT2D eigenvalue weighted by molar-refractivity contribution is 0.506. The molecule has 0 aromatic rings. The second-order valence-electron chi connectivity index (χ2n) is 8.77. The molecule has 0 heterocycles. The molecule has 1 heteroatoms. The Morgan fingerprint density at radius 1 is 0.773 bits per heavy atom. The summed E-state index contributed by atoms with van der Waals surface area (Å²) in [6.07, 6.45) is 23.6. The van der Waals surface area contributed by atoms with E-state index < -0.39 is 8.07 Å². The van der Waals surface area contributed by atoms with Gasteiger partial charge in [-0.25, -0.2) is 0 Å². The van der Waals surface area contributed by atoms with Crippen LogP contribution in [0, 0.1) is 29.6 Å². The fourth-order valence-electron chi connectivity index (χ4n) is 6.55. The predicted molar refractivity (Wildman–Crippen MR) is 98.5 cm³/mol. The molecule has 2 fully saturated rings. The molecule has 118 valence electrons. The lowest BCUT2D eigenvalue weighted by Crippen LogP contribution is -2.44. The summed E-state index contributed by atoms with van der Waals surface area (Å²) in [7, 11) is -1.29. The minimum Gasteiger partial charge on any atom is -0.0808 e. The maximum Gasteiger partial charge on any atom is 0.0550 e. The van der Waals surface area contributed by atoms with Gasteiger partial charge in [0.05, 0.1) is 8.07 Å². The van der Waals surface area contributed by atoms with Crippen LogP contribution in [0.15, 0.2) is 48.6 Å². The van der Waals surface area contributed by atoms with Crippen LogP contribution < -0.4 is 0 Å². The van der Waals surface area contributed by atoms with Crippen LogP contribution in [-0.2, 0) is 0 Å². The molecule has 4 aliphatic carbocycles. The van der Waals surface area contributed by atoms with Crippen molar-refractivity contribution in [3.05, 3.63) is 48.6 Å². The largest absolute Gasteiger partial charge is 0.0808 e. The molecular weight excluding hydrogens is 280 g/mol. The Morgan fingerprint density at radius 3 is 2.18 bits per heavy atom. The third-order valence-corrected chi connectivity index (χ3v) is 12.6. The van der Waals surface area contributed by atoms with Crippen LogP contribution >= 0.6 is 0 Å². The van der Waals surface area contributed by atoms with E-state index in [1.54, 1.807) is 0 Å². The van der Waals surface area contributed by atoms with E-state index in [4.69, 9.17) is 0 Å². The van der Waals surface area contributed by atoms with Crippen molar-refractivity contribution in [2.45, 2.75) is 50.4 Å². The monoisotopic (exact) mass is 310 g/mol. The zero-order chi connectivity index (χ0) is 15.3. The van der Waals surface area contributed by atoms with Gasteiger partial charge in [0, 0.05) is 0 Å². The summed E-state index contributed by atoms with van der Waals surface area (Å²) in [6.45, 7) is 7.99. The Morgan fingerprint density at radius 2 is 1.41 bits per heavy atom. The molecule has 0 amide bonds. The van der Waals surface area contributed by atoms with Gasteiger partial charge >= 0.3 is 0 Å². The molecule has 0 N–H and O–H groups in total.